The number of aliphatic carboxylic acids is 3. The monoisotopic (exact) mass is 659 g/mol. The Balaban J connectivity index is 6.01. The molecule has 0 radical (unpaired) electrons. The summed E-state index contributed by atoms with van der Waals surface area (Å²) in [5, 5.41) is 47.1. The van der Waals surface area contributed by atoms with Gasteiger partial charge in [0.1, 0.15) is 24.2 Å². The predicted molar refractivity (Wildman–Crippen MR) is 164 cm³/mol. The van der Waals surface area contributed by atoms with Gasteiger partial charge in [0.2, 0.25) is 23.6 Å². The van der Waals surface area contributed by atoms with Crippen LogP contribution in [0.25, 0.3) is 0 Å². The van der Waals surface area contributed by atoms with Crippen LogP contribution in [-0.2, 0) is 33.6 Å². The molecule has 0 aromatic carbocycles. The molecule has 15 N–H and O–H groups in total. The summed E-state index contributed by atoms with van der Waals surface area (Å²) in [6, 6.07) is -6.83. The van der Waals surface area contributed by atoms with Crippen molar-refractivity contribution in [2.24, 2.45) is 23.1 Å². The van der Waals surface area contributed by atoms with E-state index in [1.807, 2.05) is 0 Å². The minimum Gasteiger partial charge on any atom is -0.481 e. The Bertz CT molecular complexity index is 1070. The number of amides is 4. The van der Waals surface area contributed by atoms with Gasteiger partial charge in [-0.2, -0.15) is 0 Å². The van der Waals surface area contributed by atoms with Crippen molar-refractivity contribution in [3.63, 3.8) is 0 Å². The van der Waals surface area contributed by atoms with Gasteiger partial charge in [0.05, 0.1) is 12.5 Å². The molecule has 0 aromatic heterocycles. The minimum atomic E-state index is -1.53. The SMILES string of the molecule is CC(C)C[C@H](NC(=O)[C@H](CCC(=O)O)NC(=O)[C@@H](N)CC(=O)O)C(=O)N[C@@H](CCCNC(=N)N)C(=O)N[C@H](CCCCN)C(=O)O. The van der Waals surface area contributed by atoms with E-state index in [2.05, 4.69) is 26.6 Å². The lowest BCUT2D eigenvalue weighted by Crippen LogP contribution is -2.58. The van der Waals surface area contributed by atoms with Crippen molar-refractivity contribution in [2.75, 3.05) is 13.1 Å². The van der Waals surface area contributed by atoms with Crippen molar-refractivity contribution in [3.8, 4) is 0 Å². The highest BCUT2D eigenvalue weighted by atomic mass is 16.4. The third-order valence-electron chi connectivity index (χ3n) is 6.53. The zero-order valence-electron chi connectivity index (χ0n) is 26.2. The molecule has 0 saturated heterocycles. The van der Waals surface area contributed by atoms with Gasteiger partial charge in [0.25, 0.3) is 0 Å². The average Bonchev–Trinajstić information content (AvgIpc) is 2.94. The fourth-order valence-electron chi connectivity index (χ4n) is 4.16. The molecule has 0 unspecified atom stereocenters. The van der Waals surface area contributed by atoms with E-state index >= 15 is 0 Å². The summed E-state index contributed by atoms with van der Waals surface area (Å²) in [6.07, 6.45) is -0.388. The summed E-state index contributed by atoms with van der Waals surface area (Å²) in [5.41, 5.74) is 16.3. The van der Waals surface area contributed by atoms with Crippen LogP contribution in [0.5, 0.6) is 0 Å². The predicted octanol–water partition coefficient (Wildman–Crippen LogP) is -2.88. The van der Waals surface area contributed by atoms with Crippen LogP contribution in [0, 0.1) is 11.3 Å². The first-order chi connectivity index (χ1) is 21.5. The maximum Gasteiger partial charge on any atom is 0.326 e. The van der Waals surface area contributed by atoms with Crippen molar-refractivity contribution in [2.45, 2.75) is 102 Å². The molecular formula is C27H49N9O10. The number of guanidine groups is 1. The minimum absolute atomic E-state index is 0.00586. The largest absolute Gasteiger partial charge is 0.481 e. The van der Waals surface area contributed by atoms with Crippen LogP contribution in [0.1, 0.15) is 71.6 Å². The van der Waals surface area contributed by atoms with E-state index in [1.54, 1.807) is 13.8 Å². The maximum atomic E-state index is 13.5. The van der Waals surface area contributed by atoms with Crippen molar-refractivity contribution in [1.82, 2.24) is 26.6 Å². The van der Waals surface area contributed by atoms with Gasteiger partial charge in [0, 0.05) is 13.0 Å². The number of rotatable bonds is 24. The van der Waals surface area contributed by atoms with Gasteiger partial charge < -0.3 is 59.1 Å². The Morgan fingerprint density at radius 2 is 1.20 bits per heavy atom. The molecule has 19 heteroatoms. The van der Waals surface area contributed by atoms with Gasteiger partial charge >= 0.3 is 17.9 Å². The van der Waals surface area contributed by atoms with Crippen LogP contribution in [0.3, 0.4) is 0 Å². The molecule has 0 bridgehead atoms. The number of carboxylic acid groups (broad SMARTS) is 3. The Labute approximate surface area is 266 Å². The lowest BCUT2D eigenvalue weighted by molar-refractivity contribution is -0.143. The number of hydrogen-bond donors (Lipinski definition) is 12. The molecule has 262 valence electrons. The fraction of sp³-hybridized carbons (Fsp3) is 0.704. The summed E-state index contributed by atoms with van der Waals surface area (Å²) in [7, 11) is 0. The number of nitrogens with two attached hydrogens (primary N) is 3. The van der Waals surface area contributed by atoms with Crippen molar-refractivity contribution < 1.29 is 48.9 Å². The first kappa shape index (κ1) is 41.5. The second-order valence-corrected chi connectivity index (χ2v) is 11.1. The normalized spacial score (nSPS) is 14.1. The Morgan fingerprint density at radius 1 is 0.696 bits per heavy atom. The van der Waals surface area contributed by atoms with Crippen LogP contribution >= 0.6 is 0 Å². The van der Waals surface area contributed by atoms with E-state index in [9.17, 15) is 38.7 Å². The summed E-state index contributed by atoms with van der Waals surface area (Å²) in [6.45, 7) is 3.99. The number of carbonyl (C=O) groups excluding carboxylic acids is 4. The van der Waals surface area contributed by atoms with Gasteiger partial charge in [-0.25, -0.2) is 4.79 Å². The lowest BCUT2D eigenvalue weighted by atomic mass is 10.0. The molecule has 0 saturated carbocycles. The highest BCUT2D eigenvalue weighted by Gasteiger charge is 2.32. The third kappa shape index (κ3) is 18.3. The number of nitrogens with one attached hydrogen (secondary N) is 6. The highest BCUT2D eigenvalue weighted by molar-refractivity contribution is 5.96. The van der Waals surface area contributed by atoms with Crippen LogP contribution in [0.15, 0.2) is 0 Å². The number of hydrogen-bond acceptors (Lipinski definition) is 10. The summed E-state index contributed by atoms with van der Waals surface area (Å²) in [4.78, 5) is 86.2. The van der Waals surface area contributed by atoms with Gasteiger partial charge in [-0.3, -0.25) is 34.2 Å². The summed E-state index contributed by atoms with van der Waals surface area (Å²) < 4.78 is 0. The van der Waals surface area contributed by atoms with Crippen LogP contribution in [-0.4, -0.2) is 106 Å². The van der Waals surface area contributed by atoms with Gasteiger partial charge in [-0.1, -0.05) is 13.8 Å². The zero-order valence-corrected chi connectivity index (χ0v) is 26.2. The molecule has 19 nitrogen and oxygen atoms in total. The van der Waals surface area contributed by atoms with E-state index in [-0.39, 0.29) is 44.1 Å². The maximum absolute atomic E-state index is 13.5. The van der Waals surface area contributed by atoms with E-state index in [0.29, 0.717) is 19.4 Å². The molecule has 0 rings (SSSR count). The van der Waals surface area contributed by atoms with E-state index in [4.69, 9.17) is 32.8 Å². The average molecular weight is 660 g/mol. The molecule has 0 heterocycles. The lowest BCUT2D eigenvalue weighted by Gasteiger charge is -2.27. The second kappa shape index (κ2) is 22.1. The van der Waals surface area contributed by atoms with Crippen molar-refractivity contribution in [3.05, 3.63) is 0 Å². The summed E-state index contributed by atoms with van der Waals surface area (Å²) in [5.74, 6) is -8.02. The molecule has 0 aromatic rings. The molecule has 46 heavy (non-hydrogen) atoms. The Morgan fingerprint density at radius 3 is 1.70 bits per heavy atom. The van der Waals surface area contributed by atoms with Gasteiger partial charge in [-0.05, 0) is 57.4 Å². The Kier molecular flexibility index (Phi) is 19.9. The molecule has 0 aliphatic heterocycles. The van der Waals surface area contributed by atoms with Crippen molar-refractivity contribution >= 4 is 47.5 Å². The molecule has 0 fully saturated rings. The molecule has 5 atom stereocenters. The third-order valence-corrected chi connectivity index (χ3v) is 6.53. The molecule has 0 aliphatic rings. The quantitative estimate of drug-likeness (QED) is 0.0281. The fourth-order valence-corrected chi connectivity index (χ4v) is 4.16. The van der Waals surface area contributed by atoms with Gasteiger partial charge in [0.15, 0.2) is 5.96 Å². The van der Waals surface area contributed by atoms with Crippen LogP contribution in [0.2, 0.25) is 0 Å². The first-order valence-electron chi connectivity index (χ1n) is 14.9. The smallest absolute Gasteiger partial charge is 0.326 e. The standard InChI is InChI=1S/C27H49N9O10/c1-14(2)12-19(36-24(43)17(8-9-20(37)38)33-22(41)15(29)13-21(39)40)25(44)34-16(7-5-11-32-27(30)31)23(42)35-18(26(45)46)6-3-4-10-28/h14-19H,3-13,28-29H2,1-2H3,(H,33,41)(H,34,44)(H,35,42)(H,36,43)(H,37,38)(H,39,40)(H,45,46)(H4,30,31,32)/t15-,16-,17-,18+,19-/m0/s1. The first-order valence-corrected chi connectivity index (χ1v) is 14.9. The topological polar surface area (TPSA) is 342 Å². The molecule has 0 aliphatic carbocycles. The molecule has 0 spiro atoms. The zero-order chi connectivity index (χ0) is 35.4. The van der Waals surface area contributed by atoms with E-state index < -0.39 is 91.0 Å². The number of carbonyl (C=O) groups is 7. The Hall–Kier alpha value is -4.52. The highest BCUT2D eigenvalue weighted by Crippen LogP contribution is 2.10. The van der Waals surface area contributed by atoms with Crippen molar-refractivity contribution in [1.29, 1.82) is 5.41 Å². The number of unbranched alkanes of at least 4 members (excludes halogenated alkanes) is 1. The van der Waals surface area contributed by atoms with Crippen LogP contribution in [0.4, 0.5) is 0 Å². The molecular weight excluding hydrogens is 610 g/mol. The van der Waals surface area contributed by atoms with Gasteiger partial charge in [-0.15, -0.1) is 0 Å². The van der Waals surface area contributed by atoms with Crippen LogP contribution < -0.4 is 43.8 Å². The summed E-state index contributed by atoms with van der Waals surface area (Å²) >= 11 is 0. The molecule has 4 amide bonds. The van der Waals surface area contributed by atoms with E-state index in [1.165, 1.54) is 0 Å². The second-order valence-electron chi connectivity index (χ2n) is 11.1. The number of carboxylic acids is 3. The van der Waals surface area contributed by atoms with E-state index in [0.717, 1.165) is 0 Å².